The average Bonchev–Trinajstić information content (AvgIpc) is 2.37. The van der Waals surface area contributed by atoms with Crippen molar-refractivity contribution in [3.8, 4) is 0 Å². The van der Waals surface area contributed by atoms with Crippen molar-refractivity contribution in [2.45, 2.75) is 11.8 Å². The van der Waals surface area contributed by atoms with Crippen LogP contribution in [0.3, 0.4) is 0 Å². The normalized spacial score (nSPS) is 11.4. The zero-order chi connectivity index (χ0) is 14.9. The first-order valence-corrected chi connectivity index (χ1v) is 8.43. The fraction of sp³-hybridized carbons (Fsp3) is 0.0833. The van der Waals surface area contributed by atoms with Crippen LogP contribution in [0.15, 0.2) is 39.8 Å². The summed E-state index contributed by atoms with van der Waals surface area (Å²) in [6.45, 7) is 1.83. The number of nitrogens with one attached hydrogen (secondary N) is 1. The number of sulfonamides is 1. The topological polar surface area (TPSA) is 59.1 Å². The number of nitrogens with zero attached hydrogens (tertiary/aromatic N) is 1. The second-order valence-corrected chi connectivity index (χ2v) is 7.32. The molecule has 0 aliphatic rings. The van der Waals surface area contributed by atoms with Gasteiger partial charge in [0.25, 0.3) is 10.0 Å². The molecule has 0 atom stereocenters. The van der Waals surface area contributed by atoms with Gasteiger partial charge < -0.3 is 0 Å². The predicted octanol–water partition coefficient (Wildman–Crippen LogP) is 4.26. The Balaban J connectivity index is 2.35. The Labute approximate surface area is 135 Å². The molecule has 0 unspecified atom stereocenters. The Morgan fingerprint density at radius 3 is 2.55 bits per heavy atom. The zero-order valence-electron chi connectivity index (χ0n) is 10.2. The molecule has 8 heteroatoms. The summed E-state index contributed by atoms with van der Waals surface area (Å²) in [5, 5.41) is 0.683. The minimum atomic E-state index is -3.74. The highest BCUT2D eigenvalue weighted by atomic mass is 79.9. The van der Waals surface area contributed by atoms with Crippen LogP contribution < -0.4 is 4.72 Å². The van der Waals surface area contributed by atoms with E-state index in [0.717, 1.165) is 5.56 Å². The van der Waals surface area contributed by atoms with Crippen molar-refractivity contribution in [3.05, 3.63) is 50.7 Å². The van der Waals surface area contributed by atoms with Gasteiger partial charge in [-0.3, -0.25) is 4.72 Å². The Morgan fingerprint density at radius 1 is 1.25 bits per heavy atom. The zero-order valence-corrected chi connectivity index (χ0v) is 14.1. The SMILES string of the molecule is Cc1ccc(NS(=O)(=O)c2cnc(Cl)c(Br)c2)cc1Cl. The molecule has 106 valence electrons. The van der Waals surface area contributed by atoms with E-state index in [9.17, 15) is 8.42 Å². The van der Waals surface area contributed by atoms with Crippen LogP contribution in [0.5, 0.6) is 0 Å². The number of hydrogen-bond acceptors (Lipinski definition) is 3. The van der Waals surface area contributed by atoms with E-state index in [1.165, 1.54) is 12.3 Å². The van der Waals surface area contributed by atoms with E-state index in [-0.39, 0.29) is 10.0 Å². The van der Waals surface area contributed by atoms with Gasteiger partial charge in [-0.1, -0.05) is 29.3 Å². The minimum Gasteiger partial charge on any atom is -0.280 e. The Hall–Kier alpha value is -0.820. The molecule has 20 heavy (non-hydrogen) atoms. The molecule has 0 saturated carbocycles. The van der Waals surface area contributed by atoms with Crippen LogP contribution in [0.4, 0.5) is 5.69 Å². The summed E-state index contributed by atoms with van der Waals surface area (Å²) in [4.78, 5) is 3.80. The second kappa shape index (κ2) is 5.89. The van der Waals surface area contributed by atoms with Crippen molar-refractivity contribution in [1.82, 2.24) is 4.98 Å². The van der Waals surface area contributed by atoms with Crippen LogP contribution in [0, 0.1) is 6.92 Å². The van der Waals surface area contributed by atoms with Crippen LogP contribution in [0.1, 0.15) is 5.56 Å². The third-order valence-corrected chi connectivity index (χ3v) is 5.39. The third kappa shape index (κ3) is 3.44. The van der Waals surface area contributed by atoms with Crippen molar-refractivity contribution in [2.24, 2.45) is 0 Å². The molecule has 0 radical (unpaired) electrons. The average molecular weight is 396 g/mol. The van der Waals surface area contributed by atoms with Crippen molar-refractivity contribution in [1.29, 1.82) is 0 Å². The predicted molar refractivity (Wildman–Crippen MR) is 83.9 cm³/mol. The maximum absolute atomic E-state index is 12.2. The first kappa shape index (κ1) is 15.6. The van der Waals surface area contributed by atoms with Gasteiger partial charge in [0.2, 0.25) is 0 Å². The summed E-state index contributed by atoms with van der Waals surface area (Å²) in [7, 11) is -3.74. The monoisotopic (exact) mass is 394 g/mol. The van der Waals surface area contributed by atoms with Crippen LogP contribution in [0.25, 0.3) is 0 Å². The maximum Gasteiger partial charge on any atom is 0.263 e. The Kier molecular flexibility index (Phi) is 4.59. The van der Waals surface area contributed by atoms with Crippen molar-refractivity contribution in [3.63, 3.8) is 0 Å². The molecule has 0 amide bonds. The molecule has 1 aromatic carbocycles. The van der Waals surface area contributed by atoms with Gasteiger partial charge in [-0.15, -0.1) is 0 Å². The molecule has 0 saturated heterocycles. The van der Waals surface area contributed by atoms with Crippen LogP contribution >= 0.6 is 39.1 Å². The van der Waals surface area contributed by atoms with Crippen molar-refractivity contribution < 1.29 is 8.42 Å². The van der Waals surface area contributed by atoms with Crippen LogP contribution in [0.2, 0.25) is 10.2 Å². The lowest BCUT2D eigenvalue weighted by Crippen LogP contribution is -2.13. The highest BCUT2D eigenvalue weighted by Gasteiger charge is 2.16. The van der Waals surface area contributed by atoms with Gasteiger partial charge in [0, 0.05) is 11.2 Å². The van der Waals surface area contributed by atoms with E-state index in [0.29, 0.717) is 15.2 Å². The molecule has 2 rings (SSSR count). The van der Waals surface area contributed by atoms with Crippen LogP contribution in [-0.4, -0.2) is 13.4 Å². The minimum absolute atomic E-state index is 0.00507. The largest absolute Gasteiger partial charge is 0.280 e. The third-order valence-electron chi connectivity index (χ3n) is 2.51. The molecular weight excluding hydrogens is 387 g/mol. The lowest BCUT2D eigenvalue weighted by atomic mass is 10.2. The van der Waals surface area contributed by atoms with E-state index in [1.807, 2.05) is 6.92 Å². The fourth-order valence-corrected chi connectivity index (χ4v) is 3.23. The lowest BCUT2D eigenvalue weighted by Gasteiger charge is -2.09. The maximum atomic E-state index is 12.2. The summed E-state index contributed by atoms with van der Waals surface area (Å²) in [5.74, 6) is 0. The van der Waals surface area contributed by atoms with Gasteiger partial charge in [-0.05, 0) is 46.6 Å². The van der Waals surface area contributed by atoms with E-state index < -0.39 is 10.0 Å². The number of hydrogen-bond donors (Lipinski definition) is 1. The molecule has 0 fully saturated rings. The van der Waals surface area contributed by atoms with E-state index in [1.54, 1.807) is 18.2 Å². The molecule has 0 bridgehead atoms. The summed E-state index contributed by atoms with van der Waals surface area (Å²) in [6, 6.07) is 6.30. The smallest absolute Gasteiger partial charge is 0.263 e. The number of pyridine rings is 1. The first-order chi connectivity index (χ1) is 9.29. The highest BCUT2D eigenvalue weighted by molar-refractivity contribution is 9.10. The standard InChI is InChI=1S/C12H9BrCl2N2O2S/c1-7-2-3-8(4-11(7)14)17-20(18,19)9-5-10(13)12(15)16-6-9/h2-6,17H,1H3. The molecule has 4 nitrogen and oxygen atoms in total. The fourth-order valence-electron chi connectivity index (χ4n) is 1.42. The van der Waals surface area contributed by atoms with E-state index in [2.05, 4.69) is 25.6 Å². The molecule has 0 aliphatic carbocycles. The molecule has 1 aromatic heterocycles. The number of aromatic nitrogens is 1. The number of halogens is 3. The van der Waals surface area contributed by atoms with Crippen molar-refractivity contribution >= 4 is 54.8 Å². The van der Waals surface area contributed by atoms with Gasteiger partial charge in [-0.25, -0.2) is 13.4 Å². The second-order valence-electron chi connectivity index (χ2n) is 4.01. The molecule has 0 spiro atoms. The van der Waals surface area contributed by atoms with Gasteiger partial charge >= 0.3 is 0 Å². The number of anilines is 1. The molecule has 1 heterocycles. The van der Waals surface area contributed by atoms with Gasteiger partial charge in [0.05, 0.1) is 10.2 Å². The highest BCUT2D eigenvalue weighted by Crippen LogP contribution is 2.25. The van der Waals surface area contributed by atoms with E-state index in [4.69, 9.17) is 23.2 Å². The number of aryl methyl sites for hydroxylation is 1. The van der Waals surface area contributed by atoms with E-state index >= 15 is 0 Å². The lowest BCUT2D eigenvalue weighted by molar-refractivity contribution is 0.600. The number of benzene rings is 1. The Bertz CT molecular complexity index is 766. The quantitative estimate of drug-likeness (QED) is 0.789. The number of rotatable bonds is 3. The summed E-state index contributed by atoms with van der Waals surface area (Å²) >= 11 is 14.8. The van der Waals surface area contributed by atoms with Gasteiger partial charge in [0.1, 0.15) is 10.0 Å². The first-order valence-electron chi connectivity index (χ1n) is 5.39. The van der Waals surface area contributed by atoms with Crippen LogP contribution in [-0.2, 0) is 10.0 Å². The molecule has 2 aromatic rings. The summed E-state index contributed by atoms with van der Waals surface area (Å²) in [5.41, 5.74) is 1.25. The summed E-state index contributed by atoms with van der Waals surface area (Å²) in [6.07, 6.45) is 1.19. The molecule has 0 aliphatic heterocycles. The van der Waals surface area contributed by atoms with Gasteiger partial charge in [-0.2, -0.15) is 0 Å². The Morgan fingerprint density at radius 2 is 1.95 bits per heavy atom. The van der Waals surface area contributed by atoms with Crippen molar-refractivity contribution in [2.75, 3.05) is 4.72 Å². The van der Waals surface area contributed by atoms with Gasteiger partial charge in [0.15, 0.2) is 0 Å². The summed E-state index contributed by atoms with van der Waals surface area (Å²) < 4.78 is 27.2. The molecule has 1 N–H and O–H groups in total. The molecular formula is C12H9BrCl2N2O2S.